The fraction of sp³-hybridized carbons (Fsp3) is 0.357. The molecule has 0 radical (unpaired) electrons. The maximum atomic E-state index is 12.9. The zero-order chi connectivity index (χ0) is 14.8. The Balaban J connectivity index is 2.27. The Kier molecular flexibility index (Phi) is 3.83. The van der Waals surface area contributed by atoms with Gasteiger partial charge >= 0.3 is 5.97 Å². The minimum Gasteiger partial charge on any atom is -0.465 e. The SMILES string of the molecule is COC(=O)c1ccc(-c2noc(C(C)(C)CF)n2)cc1. The monoisotopic (exact) mass is 278 g/mol. The molecular weight excluding hydrogens is 263 g/mol. The number of rotatable bonds is 4. The van der Waals surface area contributed by atoms with Crippen molar-refractivity contribution in [3.05, 3.63) is 35.7 Å². The molecule has 0 unspecified atom stereocenters. The summed E-state index contributed by atoms with van der Waals surface area (Å²) in [6, 6.07) is 6.58. The Bertz CT molecular complexity index is 605. The van der Waals surface area contributed by atoms with Gasteiger partial charge in [-0.3, -0.25) is 0 Å². The van der Waals surface area contributed by atoms with E-state index in [9.17, 15) is 9.18 Å². The summed E-state index contributed by atoms with van der Waals surface area (Å²) in [5.74, 6) is 0.189. The number of aromatic nitrogens is 2. The second-order valence-corrected chi connectivity index (χ2v) is 5.01. The molecule has 6 heteroatoms. The summed E-state index contributed by atoms with van der Waals surface area (Å²) in [7, 11) is 1.32. The van der Waals surface area contributed by atoms with Gasteiger partial charge in [0.15, 0.2) is 0 Å². The molecule has 0 aliphatic carbocycles. The summed E-state index contributed by atoms with van der Waals surface area (Å²) in [6.45, 7) is 2.78. The van der Waals surface area contributed by atoms with Crippen molar-refractivity contribution >= 4 is 5.97 Å². The van der Waals surface area contributed by atoms with Crippen molar-refractivity contribution in [1.82, 2.24) is 10.1 Å². The van der Waals surface area contributed by atoms with E-state index >= 15 is 0 Å². The number of methoxy groups -OCH3 is 1. The van der Waals surface area contributed by atoms with E-state index in [4.69, 9.17) is 4.52 Å². The van der Waals surface area contributed by atoms with Crippen LogP contribution < -0.4 is 0 Å². The van der Waals surface area contributed by atoms with Crippen molar-refractivity contribution < 1.29 is 18.4 Å². The van der Waals surface area contributed by atoms with Crippen molar-refractivity contribution in [2.45, 2.75) is 19.3 Å². The lowest BCUT2D eigenvalue weighted by Crippen LogP contribution is -2.19. The van der Waals surface area contributed by atoms with Crippen LogP contribution in [-0.2, 0) is 10.2 Å². The minimum absolute atomic E-state index is 0.243. The number of benzene rings is 1. The highest BCUT2D eigenvalue weighted by atomic mass is 19.1. The van der Waals surface area contributed by atoms with Crippen molar-refractivity contribution in [3.8, 4) is 11.4 Å². The Morgan fingerprint density at radius 2 is 2.00 bits per heavy atom. The molecule has 0 saturated carbocycles. The van der Waals surface area contributed by atoms with Crippen LogP contribution in [0, 0.1) is 0 Å². The molecule has 5 nitrogen and oxygen atoms in total. The van der Waals surface area contributed by atoms with Crippen LogP contribution in [0.3, 0.4) is 0 Å². The molecule has 0 aliphatic heterocycles. The lowest BCUT2D eigenvalue weighted by molar-refractivity contribution is 0.0601. The van der Waals surface area contributed by atoms with Crippen molar-refractivity contribution in [3.63, 3.8) is 0 Å². The van der Waals surface area contributed by atoms with E-state index in [2.05, 4.69) is 14.9 Å². The lowest BCUT2D eigenvalue weighted by atomic mass is 9.96. The van der Waals surface area contributed by atoms with E-state index < -0.39 is 18.1 Å². The molecule has 0 bridgehead atoms. The van der Waals surface area contributed by atoms with Crippen LogP contribution in [0.2, 0.25) is 0 Å². The number of esters is 1. The average Bonchev–Trinajstić information content (AvgIpc) is 2.97. The molecule has 0 N–H and O–H groups in total. The van der Waals surface area contributed by atoms with Crippen LogP contribution in [0.4, 0.5) is 4.39 Å². The van der Waals surface area contributed by atoms with E-state index in [1.807, 2.05) is 0 Å². The second-order valence-electron chi connectivity index (χ2n) is 5.01. The Hall–Kier alpha value is -2.24. The van der Waals surface area contributed by atoms with E-state index in [0.29, 0.717) is 17.0 Å². The van der Waals surface area contributed by atoms with Crippen LogP contribution in [0.15, 0.2) is 28.8 Å². The maximum absolute atomic E-state index is 12.9. The van der Waals surface area contributed by atoms with Crippen LogP contribution in [0.25, 0.3) is 11.4 Å². The molecule has 2 rings (SSSR count). The van der Waals surface area contributed by atoms with E-state index in [-0.39, 0.29) is 5.89 Å². The quantitative estimate of drug-likeness (QED) is 0.804. The van der Waals surface area contributed by atoms with Gasteiger partial charge in [-0.1, -0.05) is 17.3 Å². The van der Waals surface area contributed by atoms with Crippen LogP contribution >= 0.6 is 0 Å². The van der Waals surface area contributed by atoms with Gasteiger partial charge in [0.2, 0.25) is 11.7 Å². The van der Waals surface area contributed by atoms with Crippen molar-refractivity contribution in [2.24, 2.45) is 0 Å². The molecule has 0 fully saturated rings. The highest BCUT2D eigenvalue weighted by molar-refractivity contribution is 5.89. The summed E-state index contributed by atoms with van der Waals surface area (Å²) in [5, 5.41) is 3.83. The largest absolute Gasteiger partial charge is 0.465 e. The third kappa shape index (κ3) is 2.68. The molecular formula is C14H15FN2O3. The first-order chi connectivity index (χ1) is 9.47. The van der Waals surface area contributed by atoms with Crippen molar-refractivity contribution in [2.75, 3.05) is 13.8 Å². The normalized spacial score (nSPS) is 11.4. The van der Waals surface area contributed by atoms with Gasteiger partial charge in [0, 0.05) is 5.56 Å². The van der Waals surface area contributed by atoms with Gasteiger partial charge in [0.25, 0.3) is 0 Å². The third-order valence-corrected chi connectivity index (χ3v) is 2.90. The van der Waals surface area contributed by atoms with E-state index in [1.165, 1.54) is 7.11 Å². The van der Waals surface area contributed by atoms with Gasteiger partial charge < -0.3 is 9.26 Å². The molecule has 20 heavy (non-hydrogen) atoms. The highest BCUT2D eigenvalue weighted by Crippen LogP contribution is 2.25. The van der Waals surface area contributed by atoms with Gasteiger partial charge in [-0.05, 0) is 26.0 Å². The maximum Gasteiger partial charge on any atom is 0.337 e. The molecule has 2 aromatic rings. The predicted octanol–water partition coefficient (Wildman–Crippen LogP) is 2.77. The Morgan fingerprint density at radius 3 is 2.55 bits per heavy atom. The number of ether oxygens (including phenoxy) is 1. The minimum atomic E-state index is -0.808. The van der Waals surface area contributed by atoms with E-state index in [1.54, 1.807) is 38.1 Å². The molecule has 1 aromatic heterocycles. The first-order valence-electron chi connectivity index (χ1n) is 6.07. The number of halogens is 1. The van der Waals surface area contributed by atoms with Crippen LogP contribution in [0.5, 0.6) is 0 Å². The van der Waals surface area contributed by atoms with Gasteiger partial charge in [0.05, 0.1) is 18.1 Å². The highest BCUT2D eigenvalue weighted by Gasteiger charge is 2.28. The number of carbonyl (C=O) groups excluding carboxylic acids is 1. The summed E-state index contributed by atoms with van der Waals surface area (Å²) < 4.78 is 22.6. The van der Waals surface area contributed by atoms with Crippen molar-refractivity contribution in [1.29, 1.82) is 0 Å². The third-order valence-electron chi connectivity index (χ3n) is 2.90. The lowest BCUT2D eigenvalue weighted by Gasteiger charge is -2.13. The van der Waals surface area contributed by atoms with Crippen LogP contribution in [0.1, 0.15) is 30.1 Å². The molecule has 0 aliphatic rings. The average molecular weight is 278 g/mol. The molecule has 0 spiro atoms. The summed E-state index contributed by atoms with van der Waals surface area (Å²) in [6.07, 6.45) is 0. The molecule has 1 heterocycles. The molecule has 0 atom stereocenters. The Morgan fingerprint density at radius 1 is 1.35 bits per heavy atom. The summed E-state index contributed by atoms with van der Waals surface area (Å²) in [5.41, 5.74) is 0.309. The topological polar surface area (TPSA) is 65.2 Å². The standard InChI is InChI=1S/C14H15FN2O3/c1-14(2,8-15)13-16-11(17-20-13)9-4-6-10(7-5-9)12(18)19-3/h4-7H,8H2,1-3H3. The fourth-order valence-corrected chi connectivity index (χ4v) is 1.55. The molecule has 106 valence electrons. The summed E-state index contributed by atoms with van der Waals surface area (Å²) >= 11 is 0. The number of nitrogens with zero attached hydrogens (tertiary/aromatic N) is 2. The molecule has 0 amide bonds. The first kappa shape index (κ1) is 14.2. The number of carbonyl (C=O) groups is 1. The first-order valence-corrected chi connectivity index (χ1v) is 6.07. The second kappa shape index (κ2) is 5.40. The zero-order valence-electron chi connectivity index (χ0n) is 11.5. The molecule has 0 saturated heterocycles. The smallest absolute Gasteiger partial charge is 0.337 e. The van der Waals surface area contributed by atoms with Crippen LogP contribution in [-0.4, -0.2) is 29.9 Å². The Labute approximate surface area is 115 Å². The van der Waals surface area contributed by atoms with Gasteiger partial charge in [-0.15, -0.1) is 0 Å². The molecule has 1 aromatic carbocycles. The summed E-state index contributed by atoms with van der Waals surface area (Å²) in [4.78, 5) is 15.5. The van der Waals surface area contributed by atoms with Gasteiger partial charge in [-0.25, -0.2) is 9.18 Å². The van der Waals surface area contributed by atoms with Gasteiger partial charge in [-0.2, -0.15) is 4.98 Å². The fourth-order valence-electron chi connectivity index (χ4n) is 1.55. The number of alkyl halides is 1. The van der Waals surface area contributed by atoms with E-state index in [0.717, 1.165) is 0 Å². The van der Waals surface area contributed by atoms with Gasteiger partial charge in [0.1, 0.15) is 6.67 Å². The predicted molar refractivity (Wildman–Crippen MR) is 70.1 cm³/mol. The number of hydrogen-bond donors (Lipinski definition) is 0. The number of hydrogen-bond acceptors (Lipinski definition) is 5. The zero-order valence-corrected chi connectivity index (χ0v) is 11.5.